The van der Waals surface area contributed by atoms with Crippen LogP contribution in [0.25, 0.3) is 22.4 Å². The van der Waals surface area contributed by atoms with Gasteiger partial charge in [-0.2, -0.15) is 0 Å². The first kappa shape index (κ1) is 18.7. The summed E-state index contributed by atoms with van der Waals surface area (Å²) in [6.07, 6.45) is 9.27. The van der Waals surface area contributed by atoms with Gasteiger partial charge in [-0.05, 0) is 23.8 Å². The van der Waals surface area contributed by atoms with Gasteiger partial charge in [0.25, 0.3) is 5.91 Å². The Labute approximate surface area is 178 Å². The van der Waals surface area contributed by atoms with Crippen molar-refractivity contribution < 1.29 is 9.59 Å². The zero-order valence-electron chi connectivity index (χ0n) is 16.5. The first-order valence-electron chi connectivity index (χ1n) is 9.83. The Balaban J connectivity index is 1.42. The summed E-state index contributed by atoms with van der Waals surface area (Å²) < 4.78 is 0. The molecule has 1 amide bonds. The van der Waals surface area contributed by atoms with Gasteiger partial charge in [-0.15, -0.1) is 0 Å². The number of H-pyrrole nitrogens is 1. The summed E-state index contributed by atoms with van der Waals surface area (Å²) in [7, 11) is 0. The molecule has 31 heavy (non-hydrogen) atoms. The summed E-state index contributed by atoms with van der Waals surface area (Å²) in [6, 6.07) is 20.8. The van der Waals surface area contributed by atoms with Crippen LogP contribution < -0.4 is 0 Å². The summed E-state index contributed by atoms with van der Waals surface area (Å²) >= 11 is 0. The Morgan fingerprint density at radius 3 is 2.32 bits per heavy atom. The van der Waals surface area contributed by atoms with Crippen molar-refractivity contribution in [2.45, 2.75) is 5.41 Å². The SMILES string of the molecule is O=CC1(c2ccccc2)C=CN(C(=O)c2cc3cnc(-c4ccccc4)nc3[nH]2)C=C1. The van der Waals surface area contributed by atoms with Crippen LogP contribution in [0, 0.1) is 0 Å². The number of benzene rings is 2. The second-order valence-corrected chi connectivity index (χ2v) is 7.31. The topological polar surface area (TPSA) is 79.0 Å². The van der Waals surface area contributed by atoms with Gasteiger partial charge in [0, 0.05) is 29.5 Å². The zero-order valence-corrected chi connectivity index (χ0v) is 16.5. The third-order valence-corrected chi connectivity index (χ3v) is 5.36. The van der Waals surface area contributed by atoms with Gasteiger partial charge < -0.3 is 9.78 Å². The first-order chi connectivity index (χ1) is 15.2. The van der Waals surface area contributed by atoms with Crippen LogP contribution in [-0.4, -0.2) is 32.0 Å². The molecular formula is C25H18N4O2. The second kappa shape index (κ2) is 7.50. The van der Waals surface area contributed by atoms with Gasteiger partial charge in [0.15, 0.2) is 5.82 Å². The van der Waals surface area contributed by atoms with Crippen LogP contribution in [0.1, 0.15) is 16.1 Å². The number of allylic oxidation sites excluding steroid dienone is 2. The molecule has 1 aliphatic rings. The van der Waals surface area contributed by atoms with Gasteiger partial charge in [0.2, 0.25) is 0 Å². The van der Waals surface area contributed by atoms with E-state index in [-0.39, 0.29) is 5.91 Å². The molecule has 0 spiro atoms. The maximum absolute atomic E-state index is 13.0. The molecule has 0 fully saturated rings. The largest absolute Gasteiger partial charge is 0.335 e. The molecule has 150 valence electrons. The van der Waals surface area contributed by atoms with E-state index in [9.17, 15) is 9.59 Å². The molecule has 1 N–H and O–H groups in total. The number of nitrogens with zero attached hydrogens (tertiary/aromatic N) is 3. The quantitative estimate of drug-likeness (QED) is 0.514. The Kier molecular flexibility index (Phi) is 4.52. The molecule has 0 aliphatic carbocycles. The van der Waals surface area contributed by atoms with Crippen LogP contribution in [0.3, 0.4) is 0 Å². The number of rotatable bonds is 4. The molecule has 6 heteroatoms. The predicted octanol–water partition coefficient (Wildman–Crippen LogP) is 4.25. The summed E-state index contributed by atoms with van der Waals surface area (Å²) in [5.41, 5.74) is 1.85. The van der Waals surface area contributed by atoms with Crippen molar-refractivity contribution in [2.75, 3.05) is 0 Å². The summed E-state index contributed by atoms with van der Waals surface area (Å²) in [5.74, 6) is 0.338. The van der Waals surface area contributed by atoms with E-state index in [1.54, 1.807) is 36.8 Å². The van der Waals surface area contributed by atoms with Crippen molar-refractivity contribution in [2.24, 2.45) is 0 Å². The normalized spacial score (nSPS) is 14.6. The second-order valence-electron chi connectivity index (χ2n) is 7.31. The lowest BCUT2D eigenvalue weighted by molar-refractivity contribution is -0.110. The Hall–Kier alpha value is -4.32. The molecule has 5 rings (SSSR count). The highest BCUT2D eigenvalue weighted by Gasteiger charge is 2.30. The third kappa shape index (κ3) is 3.34. The molecule has 0 unspecified atom stereocenters. The Bertz CT molecular complexity index is 1310. The van der Waals surface area contributed by atoms with E-state index < -0.39 is 5.41 Å². The van der Waals surface area contributed by atoms with Gasteiger partial charge in [-0.25, -0.2) is 9.97 Å². The maximum Gasteiger partial charge on any atom is 0.278 e. The molecule has 1 aliphatic heterocycles. The zero-order chi connectivity index (χ0) is 21.3. The van der Waals surface area contributed by atoms with E-state index in [0.717, 1.165) is 22.8 Å². The fraction of sp³-hybridized carbons (Fsp3) is 0.0400. The molecule has 0 bridgehead atoms. The van der Waals surface area contributed by atoms with Gasteiger partial charge in [-0.1, -0.05) is 60.7 Å². The highest BCUT2D eigenvalue weighted by Crippen LogP contribution is 2.29. The van der Waals surface area contributed by atoms with Gasteiger partial charge in [0.1, 0.15) is 17.6 Å². The van der Waals surface area contributed by atoms with Crippen LogP contribution in [-0.2, 0) is 10.2 Å². The molecule has 4 aromatic rings. The number of hydrogen-bond acceptors (Lipinski definition) is 4. The van der Waals surface area contributed by atoms with Crippen molar-refractivity contribution in [1.82, 2.24) is 19.9 Å². The number of aromatic nitrogens is 3. The molecular weight excluding hydrogens is 388 g/mol. The number of carbonyl (C=O) groups excluding carboxylic acids is 2. The highest BCUT2D eigenvalue weighted by molar-refractivity contribution is 5.98. The smallest absolute Gasteiger partial charge is 0.278 e. The lowest BCUT2D eigenvalue weighted by Gasteiger charge is -2.27. The molecule has 6 nitrogen and oxygen atoms in total. The van der Waals surface area contributed by atoms with Gasteiger partial charge in [0.05, 0.1) is 5.41 Å². The fourth-order valence-corrected chi connectivity index (χ4v) is 3.61. The summed E-state index contributed by atoms with van der Waals surface area (Å²) in [4.78, 5) is 38.4. The molecule has 0 radical (unpaired) electrons. The minimum Gasteiger partial charge on any atom is -0.335 e. The number of aldehydes is 1. The molecule has 2 aromatic heterocycles. The number of carbonyl (C=O) groups is 2. The Morgan fingerprint density at radius 2 is 1.65 bits per heavy atom. The minimum atomic E-state index is -0.880. The van der Waals surface area contributed by atoms with E-state index in [1.807, 2.05) is 60.7 Å². The lowest BCUT2D eigenvalue weighted by Crippen LogP contribution is -2.30. The predicted molar refractivity (Wildman–Crippen MR) is 118 cm³/mol. The van der Waals surface area contributed by atoms with Gasteiger partial charge >= 0.3 is 0 Å². The average Bonchev–Trinajstić information content (AvgIpc) is 3.28. The van der Waals surface area contributed by atoms with Crippen LogP contribution in [0.5, 0.6) is 0 Å². The highest BCUT2D eigenvalue weighted by atomic mass is 16.2. The number of amides is 1. The third-order valence-electron chi connectivity index (χ3n) is 5.36. The van der Waals surface area contributed by atoms with Crippen LogP contribution >= 0.6 is 0 Å². The van der Waals surface area contributed by atoms with Crippen LogP contribution in [0.2, 0.25) is 0 Å². The minimum absolute atomic E-state index is 0.251. The van der Waals surface area contributed by atoms with Crippen molar-refractivity contribution >= 4 is 23.2 Å². The van der Waals surface area contributed by atoms with Crippen LogP contribution in [0.15, 0.2) is 97.5 Å². The van der Waals surface area contributed by atoms with Crippen LogP contribution in [0.4, 0.5) is 0 Å². The molecule has 0 atom stereocenters. The standard InChI is InChI=1S/C25H18N4O2/c30-17-25(20-9-5-2-6-10-20)11-13-29(14-12-25)24(31)21-15-19-16-26-22(28-23(19)27-21)18-7-3-1-4-8-18/h1-17H,(H,26,27,28). The molecule has 0 saturated carbocycles. The molecule has 3 heterocycles. The van der Waals surface area contributed by atoms with Crippen molar-refractivity contribution in [3.05, 3.63) is 109 Å². The Morgan fingerprint density at radius 1 is 0.968 bits per heavy atom. The van der Waals surface area contributed by atoms with Gasteiger partial charge in [-0.3, -0.25) is 9.69 Å². The van der Waals surface area contributed by atoms with Crippen molar-refractivity contribution in [1.29, 1.82) is 0 Å². The van der Waals surface area contributed by atoms with E-state index >= 15 is 0 Å². The fourth-order valence-electron chi connectivity index (χ4n) is 3.61. The van der Waals surface area contributed by atoms with Crippen molar-refractivity contribution in [3.63, 3.8) is 0 Å². The summed E-state index contributed by atoms with van der Waals surface area (Å²) in [5, 5.41) is 0.750. The summed E-state index contributed by atoms with van der Waals surface area (Å²) in [6.45, 7) is 0. The number of fused-ring (bicyclic) bond motifs is 1. The van der Waals surface area contributed by atoms with E-state index in [4.69, 9.17) is 0 Å². The number of hydrogen-bond donors (Lipinski definition) is 1. The average molecular weight is 406 g/mol. The van der Waals surface area contributed by atoms with E-state index in [0.29, 0.717) is 17.2 Å². The molecule has 0 saturated heterocycles. The maximum atomic E-state index is 13.0. The monoisotopic (exact) mass is 406 g/mol. The first-order valence-corrected chi connectivity index (χ1v) is 9.83. The lowest BCUT2D eigenvalue weighted by atomic mass is 9.81. The number of nitrogens with one attached hydrogen (secondary N) is 1. The van der Waals surface area contributed by atoms with E-state index in [1.165, 1.54) is 4.90 Å². The molecule has 2 aromatic carbocycles. The van der Waals surface area contributed by atoms with Crippen molar-refractivity contribution in [3.8, 4) is 11.4 Å². The number of aromatic amines is 1. The van der Waals surface area contributed by atoms with E-state index in [2.05, 4.69) is 15.0 Å².